The Morgan fingerprint density at radius 2 is 1.95 bits per heavy atom. The number of rotatable bonds is 7. The maximum absolute atomic E-state index is 4.76. The summed E-state index contributed by atoms with van der Waals surface area (Å²) in [5.74, 6) is 1.11. The van der Waals surface area contributed by atoms with Crippen LogP contribution in [-0.4, -0.2) is 21.1 Å². The SMILES string of the molecule is CCCn1c(CNCCc2ccccn2)nc2ccccc21. The molecule has 3 aromatic rings. The lowest BCUT2D eigenvalue weighted by Crippen LogP contribution is -2.20. The van der Waals surface area contributed by atoms with Gasteiger partial charge in [0.15, 0.2) is 0 Å². The van der Waals surface area contributed by atoms with Crippen LogP contribution in [-0.2, 0) is 19.5 Å². The van der Waals surface area contributed by atoms with Crippen molar-refractivity contribution in [2.75, 3.05) is 6.54 Å². The molecule has 0 aliphatic carbocycles. The number of aromatic nitrogens is 3. The van der Waals surface area contributed by atoms with Crippen molar-refractivity contribution in [3.05, 3.63) is 60.2 Å². The van der Waals surface area contributed by atoms with Crippen LogP contribution in [0.15, 0.2) is 48.7 Å². The Morgan fingerprint density at radius 1 is 1.09 bits per heavy atom. The summed E-state index contributed by atoms with van der Waals surface area (Å²) in [6.07, 6.45) is 3.89. The van der Waals surface area contributed by atoms with E-state index in [-0.39, 0.29) is 0 Å². The van der Waals surface area contributed by atoms with Gasteiger partial charge in [0.25, 0.3) is 0 Å². The maximum atomic E-state index is 4.76. The van der Waals surface area contributed by atoms with Crippen molar-refractivity contribution in [1.29, 1.82) is 0 Å². The summed E-state index contributed by atoms with van der Waals surface area (Å²) in [6, 6.07) is 14.4. The Kier molecular flexibility index (Phi) is 4.81. The number of imidazole rings is 1. The largest absolute Gasteiger partial charge is 0.327 e. The van der Waals surface area contributed by atoms with E-state index in [1.54, 1.807) is 0 Å². The monoisotopic (exact) mass is 294 g/mol. The number of nitrogens with one attached hydrogen (secondary N) is 1. The topological polar surface area (TPSA) is 42.7 Å². The number of fused-ring (bicyclic) bond motifs is 1. The molecule has 0 atom stereocenters. The Labute approximate surface area is 131 Å². The summed E-state index contributed by atoms with van der Waals surface area (Å²) in [5.41, 5.74) is 3.43. The van der Waals surface area contributed by atoms with Crippen LogP contribution in [0.3, 0.4) is 0 Å². The van der Waals surface area contributed by atoms with Crippen LogP contribution in [0.2, 0.25) is 0 Å². The molecule has 0 aliphatic rings. The lowest BCUT2D eigenvalue weighted by atomic mass is 10.3. The van der Waals surface area contributed by atoms with Crippen LogP contribution in [0.4, 0.5) is 0 Å². The van der Waals surface area contributed by atoms with E-state index in [0.717, 1.165) is 49.5 Å². The quantitative estimate of drug-likeness (QED) is 0.681. The molecule has 22 heavy (non-hydrogen) atoms. The number of benzene rings is 1. The van der Waals surface area contributed by atoms with Crippen molar-refractivity contribution >= 4 is 11.0 Å². The third-order valence-corrected chi connectivity index (χ3v) is 3.75. The Balaban J connectivity index is 1.64. The van der Waals surface area contributed by atoms with Gasteiger partial charge in [-0.05, 0) is 30.7 Å². The van der Waals surface area contributed by atoms with Gasteiger partial charge in [-0.15, -0.1) is 0 Å². The zero-order chi connectivity index (χ0) is 15.2. The van der Waals surface area contributed by atoms with Crippen LogP contribution < -0.4 is 5.32 Å². The van der Waals surface area contributed by atoms with E-state index in [9.17, 15) is 0 Å². The van der Waals surface area contributed by atoms with Crippen LogP contribution in [0.25, 0.3) is 11.0 Å². The molecule has 0 unspecified atom stereocenters. The fraction of sp³-hybridized carbons (Fsp3) is 0.333. The Bertz CT molecular complexity index is 718. The molecule has 0 saturated carbocycles. The van der Waals surface area contributed by atoms with Gasteiger partial charge in [-0.2, -0.15) is 0 Å². The van der Waals surface area contributed by atoms with E-state index in [2.05, 4.69) is 46.1 Å². The third-order valence-electron chi connectivity index (χ3n) is 3.75. The first-order chi connectivity index (χ1) is 10.9. The van der Waals surface area contributed by atoms with Gasteiger partial charge in [-0.25, -0.2) is 4.98 Å². The minimum Gasteiger partial charge on any atom is -0.327 e. The first-order valence-corrected chi connectivity index (χ1v) is 7.93. The van der Waals surface area contributed by atoms with Gasteiger partial charge >= 0.3 is 0 Å². The molecule has 1 N–H and O–H groups in total. The van der Waals surface area contributed by atoms with E-state index in [1.165, 1.54) is 5.52 Å². The van der Waals surface area contributed by atoms with Gasteiger partial charge in [0.05, 0.1) is 17.6 Å². The first-order valence-electron chi connectivity index (χ1n) is 7.93. The molecule has 0 fully saturated rings. The highest BCUT2D eigenvalue weighted by atomic mass is 15.1. The molecule has 3 rings (SSSR count). The second-order valence-electron chi connectivity index (χ2n) is 5.42. The highest BCUT2D eigenvalue weighted by Gasteiger charge is 2.08. The Morgan fingerprint density at radius 3 is 2.77 bits per heavy atom. The average molecular weight is 294 g/mol. The smallest absolute Gasteiger partial charge is 0.123 e. The van der Waals surface area contributed by atoms with Crippen molar-refractivity contribution in [3.63, 3.8) is 0 Å². The number of hydrogen-bond donors (Lipinski definition) is 1. The molecule has 2 heterocycles. The number of aryl methyl sites for hydroxylation is 1. The van der Waals surface area contributed by atoms with Crippen molar-refractivity contribution in [3.8, 4) is 0 Å². The van der Waals surface area contributed by atoms with Crippen molar-refractivity contribution < 1.29 is 0 Å². The summed E-state index contributed by atoms with van der Waals surface area (Å²) in [6.45, 7) is 4.92. The van der Waals surface area contributed by atoms with Gasteiger partial charge in [0.1, 0.15) is 5.82 Å². The molecular formula is C18H22N4. The minimum absolute atomic E-state index is 0.793. The van der Waals surface area contributed by atoms with E-state index in [0.29, 0.717) is 0 Å². The van der Waals surface area contributed by atoms with Crippen LogP contribution in [0, 0.1) is 0 Å². The molecule has 0 saturated heterocycles. The highest BCUT2D eigenvalue weighted by Crippen LogP contribution is 2.16. The lowest BCUT2D eigenvalue weighted by molar-refractivity contribution is 0.597. The van der Waals surface area contributed by atoms with Crippen LogP contribution >= 0.6 is 0 Å². The lowest BCUT2D eigenvalue weighted by Gasteiger charge is -2.08. The normalized spacial score (nSPS) is 11.1. The van der Waals surface area contributed by atoms with Crippen LogP contribution in [0.5, 0.6) is 0 Å². The second-order valence-corrected chi connectivity index (χ2v) is 5.42. The molecule has 0 aliphatic heterocycles. The third kappa shape index (κ3) is 3.34. The number of nitrogens with zero attached hydrogens (tertiary/aromatic N) is 3. The van der Waals surface area contributed by atoms with Crippen LogP contribution in [0.1, 0.15) is 24.9 Å². The van der Waals surface area contributed by atoms with Gasteiger partial charge < -0.3 is 9.88 Å². The predicted octanol–water partition coefficient (Wildman–Crippen LogP) is 3.17. The summed E-state index contributed by atoms with van der Waals surface area (Å²) >= 11 is 0. The number of para-hydroxylation sites is 2. The zero-order valence-corrected chi connectivity index (χ0v) is 13.0. The fourth-order valence-corrected chi connectivity index (χ4v) is 2.70. The van der Waals surface area contributed by atoms with Gasteiger partial charge in [0, 0.05) is 31.4 Å². The van der Waals surface area contributed by atoms with Gasteiger partial charge in [-0.3, -0.25) is 4.98 Å². The molecule has 4 nitrogen and oxygen atoms in total. The highest BCUT2D eigenvalue weighted by molar-refractivity contribution is 5.75. The minimum atomic E-state index is 0.793. The Hall–Kier alpha value is -2.20. The number of pyridine rings is 1. The standard InChI is InChI=1S/C18H22N4/c1-2-13-22-17-9-4-3-8-16(17)21-18(22)14-19-12-10-15-7-5-6-11-20-15/h3-9,11,19H,2,10,12-14H2,1H3. The van der Waals surface area contributed by atoms with Gasteiger partial charge in [-0.1, -0.05) is 25.1 Å². The average Bonchev–Trinajstić information content (AvgIpc) is 2.91. The molecule has 4 heteroatoms. The second kappa shape index (κ2) is 7.18. The molecule has 0 radical (unpaired) electrons. The molecule has 1 aromatic carbocycles. The van der Waals surface area contributed by atoms with E-state index >= 15 is 0 Å². The van der Waals surface area contributed by atoms with Crippen molar-refractivity contribution in [2.45, 2.75) is 32.9 Å². The molecule has 2 aromatic heterocycles. The maximum Gasteiger partial charge on any atom is 0.123 e. The van der Waals surface area contributed by atoms with E-state index in [1.807, 2.05) is 24.4 Å². The molecular weight excluding hydrogens is 272 g/mol. The van der Waals surface area contributed by atoms with E-state index in [4.69, 9.17) is 4.98 Å². The van der Waals surface area contributed by atoms with Crippen molar-refractivity contribution in [1.82, 2.24) is 19.9 Å². The predicted molar refractivity (Wildman–Crippen MR) is 89.7 cm³/mol. The summed E-state index contributed by atoms with van der Waals surface area (Å²) < 4.78 is 2.32. The molecule has 0 amide bonds. The number of hydrogen-bond acceptors (Lipinski definition) is 3. The summed E-state index contributed by atoms with van der Waals surface area (Å²) in [4.78, 5) is 9.10. The summed E-state index contributed by atoms with van der Waals surface area (Å²) in [5, 5.41) is 3.49. The van der Waals surface area contributed by atoms with E-state index < -0.39 is 0 Å². The van der Waals surface area contributed by atoms with Gasteiger partial charge in [0.2, 0.25) is 0 Å². The molecule has 0 spiro atoms. The molecule has 114 valence electrons. The fourth-order valence-electron chi connectivity index (χ4n) is 2.70. The van der Waals surface area contributed by atoms with Crippen molar-refractivity contribution in [2.24, 2.45) is 0 Å². The zero-order valence-electron chi connectivity index (χ0n) is 13.0. The summed E-state index contributed by atoms with van der Waals surface area (Å²) in [7, 11) is 0. The molecule has 0 bridgehead atoms. The first kappa shape index (κ1) is 14.7.